The van der Waals surface area contributed by atoms with Crippen LogP contribution < -0.4 is 4.74 Å². The van der Waals surface area contributed by atoms with Gasteiger partial charge in [-0.3, -0.25) is 0 Å². The second-order valence-electron chi connectivity index (χ2n) is 9.32. The molecule has 5 heteroatoms. The standard InChI is InChI=1S/C29H24FN3O/c1-17(15-31)29-24-7-3-19(11-22(24)16-34-27-14-23(30)6-8-25(27)29)12-26-18(2)32-28-13-21(20-4-5-20)9-10-33(26)28/h3,6-11,13-14,20H,4-5,12,16H2,1-2H3/b29-17+. The first-order chi connectivity index (χ1) is 16.5. The fraction of sp³-hybridized carbons (Fsp3) is 0.241. The molecule has 0 radical (unpaired) electrons. The average molecular weight is 450 g/mol. The lowest BCUT2D eigenvalue weighted by atomic mass is 9.89. The van der Waals surface area contributed by atoms with Crippen LogP contribution in [0.5, 0.6) is 5.75 Å². The van der Waals surface area contributed by atoms with Gasteiger partial charge in [0.15, 0.2) is 0 Å². The van der Waals surface area contributed by atoms with Crippen molar-refractivity contribution in [3.63, 3.8) is 0 Å². The maximum atomic E-state index is 13.9. The van der Waals surface area contributed by atoms with E-state index in [-0.39, 0.29) is 5.82 Å². The Morgan fingerprint density at radius 1 is 1.15 bits per heavy atom. The number of rotatable bonds is 3. The van der Waals surface area contributed by atoms with Crippen molar-refractivity contribution in [2.24, 2.45) is 0 Å². The first kappa shape index (κ1) is 20.7. The van der Waals surface area contributed by atoms with Gasteiger partial charge < -0.3 is 9.14 Å². The number of aromatic nitrogens is 2. The smallest absolute Gasteiger partial charge is 0.137 e. The Morgan fingerprint density at radius 3 is 2.76 bits per heavy atom. The van der Waals surface area contributed by atoms with E-state index < -0.39 is 0 Å². The lowest BCUT2D eigenvalue weighted by molar-refractivity contribution is 0.305. The molecule has 2 aromatic carbocycles. The first-order valence-electron chi connectivity index (χ1n) is 11.6. The predicted octanol–water partition coefficient (Wildman–Crippen LogP) is 6.49. The van der Waals surface area contributed by atoms with Crippen LogP contribution in [0.3, 0.4) is 0 Å². The molecule has 3 heterocycles. The number of allylic oxidation sites excluding steroid dienone is 1. The van der Waals surface area contributed by atoms with E-state index in [1.54, 1.807) is 13.0 Å². The number of nitrogens with zero attached hydrogens (tertiary/aromatic N) is 3. The molecular formula is C29H24FN3O. The molecule has 0 N–H and O–H groups in total. The Kier molecular flexibility index (Phi) is 4.77. The zero-order valence-corrected chi connectivity index (χ0v) is 19.2. The van der Waals surface area contributed by atoms with Gasteiger partial charge in [-0.05, 0) is 79.1 Å². The fourth-order valence-corrected chi connectivity index (χ4v) is 5.01. The highest BCUT2D eigenvalue weighted by Gasteiger charge is 2.25. The molecule has 2 aliphatic rings. The number of hydrogen-bond acceptors (Lipinski definition) is 3. The molecule has 0 saturated heterocycles. The van der Waals surface area contributed by atoms with Crippen molar-refractivity contribution in [2.45, 2.75) is 45.6 Å². The first-order valence-corrected chi connectivity index (χ1v) is 11.6. The van der Waals surface area contributed by atoms with E-state index in [0.717, 1.165) is 45.6 Å². The largest absolute Gasteiger partial charge is 0.488 e. The van der Waals surface area contributed by atoms with E-state index in [4.69, 9.17) is 9.72 Å². The summed E-state index contributed by atoms with van der Waals surface area (Å²) < 4.78 is 22.1. The van der Waals surface area contributed by atoms with E-state index >= 15 is 0 Å². The fourth-order valence-electron chi connectivity index (χ4n) is 5.01. The summed E-state index contributed by atoms with van der Waals surface area (Å²) in [7, 11) is 0. The van der Waals surface area contributed by atoms with Gasteiger partial charge in [0.1, 0.15) is 23.8 Å². The molecule has 0 bridgehead atoms. The summed E-state index contributed by atoms with van der Waals surface area (Å²) in [5.74, 6) is 0.811. The molecular weight excluding hydrogens is 425 g/mol. The predicted molar refractivity (Wildman–Crippen MR) is 129 cm³/mol. The molecule has 0 amide bonds. The van der Waals surface area contributed by atoms with Crippen LogP contribution >= 0.6 is 0 Å². The maximum absolute atomic E-state index is 13.9. The van der Waals surface area contributed by atoms with Gasteiger partial charge in [-0.2, -0.15) is 5.26 Å². The van der Waals surface area contributed by atoms with E-state index in [1.807, 2.05) is 0 Å². The summed E-state index contributed by atoms with van der Waals surface area (Å²) in [6.45, 7) is 4.18. The molecule has 2 aromatic heterocycles. The lowest BCUT2D eigenvalue weighted by Crippen LogP contribution is -2.01. The highest BCUT2D eigenvalue weighted by molar-refractivity contribution is 5.88. The number of ether oxygens (including phenoxy) is 1. The number of hydrogen-bond donors (Lipinski definition) is 0. The Hall–Kier alpha value is -3.91. The molecule has 1 aliphatic heterocycles. The minimum Gasteiger partial charge on any atom is -0.488 e. The molecule has 6 rings (SSSR count). The Balaban J connectivity index is 1.40. The van der Waals surface area contributed by atoms with Crippen LogP contribution in [0.15, 0.2) is 60.3 Å². The second kappa shape index (κ2) is 7.85. The number of pyridine rings is 1. The van der Waals surface area contributed by atoms with Gasteiger partial charge in [0.05, 0.1) is 11.8 Å². The maximum Gasteiger partial charge on any atom is 0.137 e. The van der Waals surface area contributed by atoms with Crippen molar-refractivity contribution < 1.29 is 9.13 Å². The molecule has 0 spiro atoms. The average Bonchev–Trinajstić information content (AvgIpc) is 3.65. The van der Waals surface area contributed by atoms with Crippen LogP contribution in [0.1, 0.15) is 64.9 Å². The quantitative estimate of drug-likeness (QED) is 0.336. The summed E-state index contributed by atoms with van der Waals surface area (Å²) >= 11 is 0. The molecule has 4 aromatic rings. The van der Waals surface area contributed by atoms with Crippen LogP contribution in [0.4, 0.5) is 4.39 Å². The van der Waals surface area contributed by atoms with Crippen molar-refractivity contribution in [1.29, 1.82) is 5.26 Å². The van der Waals surface area contributed by atoms with Crippen LogP contribution in [0.2, 0.25) is 0 Å². The molecule has 1 fully saturated rings. The van der Waals surface area contributed by atoms with Gasteiger partial charge >= 0.3 is 0 Å². The summed E-state index contributed by atoms with van der Waals surface area (Å²) in [4.78, 5) is 4.82. The van der Waals surface area contributed by atoms with E-state index in [9.17, 15) is 9.65 Å². The van der Waals surface area contributed by atoms with Gasteiger partial charge in [0.25, 0.3) is 0 Å². The molecule has 168 valence electrons. The van der Waals surface area contributed by atoms with Gasteiger partial charge in [-0.15, -0.1) is 0 Å². The number of nitriles is 1. The molecule has 34 heavy (non-hydrogen) atoms. The van der Waals surface area contributed by atoms with Crippen molar-refractivity contribution in [2.75, 3.05) is 0 Å². The van der Waals surface area contributed by atoms with Crippen LogP contribution in [-0.4, -0.2) is 9.38 Å². The number of halogens is 1. The number of benzene rings is 2. The third-order valence-electron chi connectivity index (χ3n) is 6.95. The summed E-state index contributed by atoms with van der Waals surface area (Å²) in [6, 6.07) is 17.5. The zero-order chi connectivity index (χ0) is 23.4. The Bertz CT molecular complexity index is 1540. The summed E-state index contributed by atoms with van der Waals surface area (Å²) in [5, 5.41) is 9.67. The Labute approximate surface area is 198 Å². The van der Waals surface area contributed by atoms with Crippen molar-refractivity contribution in [1.82, 2.24) is 9.38 Å². The van der Waals surface area contributed by atoms with Crippen LogP contribution in [0, 0.1) is 24.1 Å². The van der Waals surface area contributed by atoms with E-state index in [1.165, 1.54) is 36.2 Å². The number of aryl methyl sites for hydroxylation is 1. The topological polar surface area (TPSA) is 50.3 Å². The van der Waals surface area contributed by atoms with Gasteiger partial charge in [0.2, 0.25) is 0 Å². The van der Waals surface area contributed by atoms with Crippen molar-refractivity contribution in [3.05, 3.63) is 105 Å². The van der Waals surface area contributed by atoms with Gasteiger partial charge in [-0.25, -0.2) is 9.37 Å². The van der Waals surface area contributed by atoms with Gasteiger partial charge in [0, 0.05) is 41.1 Å². The second-order valence-corrected chi connectivity index (χ2v) is 9.32. The van der Waals surface area contributed by atoms with Crippen LogP contribution in [0.25, 0.3) is 11.2 Å². The summed E-state index contributed by atoms with van der Waals surface area (Å²) in [5.41, 5.74) is 9.80. The van der Waals surface area contributed by atoms with Crippen molar-refractivity contribution in [3.8, 4) is 11.8 Å². The van der Waals surface area contributed by atoms with E-state index in [2.05, 4.69) is 53.9 Å². The lowest BCUT2D eigenvalue weighted by Gasteiger charge is -2.13. The zero-order valence-electron chi connectivity index (χ0n) is 19.2. The third-order valence-corrected chi connectivity index (χ3v) is 6.95. The highest BCUT2D eigenvalue weighted by Crippen LogP contribution is 2.41. The molecule has 1 saturated carbocycles. The molecule has 0 atom stereocenters. The minimum absolute atomic E-state index is 0.318. The Morgan fingerprint density at radius 2 is 1.97 bits per heavy atom. The minimum atomic E-state index is -0.354. The molecule has 0 unspecified atom stereocenters. The monoisotopic (exact) mass is 449 g/mol. The van der Waals surface area contributed by atoms with Gasteiger partial charge in [-0.1, -0.05) is 18.2 Å². The van der Waals surface area contributed by atoms with Crippen molar-refractivity contribution >= 4 is 11.2 Å². The number of imidazole rings is 1. The van der Waals surface area contributed by atoms with Crippen LogP contribution in [-0.2, 0) is 13.0 Å². The normalized spacial score (nSPS) is 16.3. The molecule has 4 nitrogen and oxygen atoms in total. The molecule has 1 aliphatic carbocycles. The third kappa shape index (κ3) is 3.47. The SMILES string of the molecule is C/C(C#N)=C1/c2ccc(Cc3c(C)nc4cc(C5CC5)ccn34)cc2COc2cc(F)ccc21. The number of fused-ring (bicyclic) bond motifs is 3. The summed E-state index contributed by atoms with van der Waals surface area (Å²) in [6.07, 6.45) is 5.43. The van der Waals surface area contributed by atoms with E-state index in [0.29, 0.717) is 23.8 Å². The highest BCUT2D eigenvalue weighted by atomic mass is 19.1.